The van der Waals surface area contributed by atoms with Crippen molar-refractivity contribution in [2.45, 2.75) is 92.7 Å². The summed E-state index contributed by atoms with van der Waals surface area (Å²) in [5.41, 5.74) is 0. The molecule has 14 atom stereocenters. The first-order valence-electron chi connectivity index (χ1n) is 11.5. The van der Waals surface area contributed by atoms with E-state index in [2.05, 4.69) is 4.18 Å². The summed E-state index contributed by atoms with van der Waals surface area (Å²) in [6.45, 7) is -0.122. The van der Waals surface area contributed by atoms with Gasteiger partial charge in [0.05, 0.1) is 31.5 Å². The van der Waals surface area contributed by atoms with Gasteiger partial charge in [-0.1, -0.05) is 0 Å². The molecule has 218 valence electrons. The highest BCUT2D eigenvalue weighted by molar-refractivity contribution is 7.80. The molecule has 17 nitrogen and oxygen atoms in total. The Balaban J connectivity index is 1.88. The van der Waals surface area contributed by atoms with E-state index in [4.69, 9.17) is 23.5 Å². The molecule has 9 N–H and O–H groups in total. The van der Waals surface area contributed by atoms with Crippen LogP contribution in [0.1, 0.15) is 6.92 Å². The molecule has 3 fully saturated rings. The zero-order valence-corrected chi connectivity index (χ0v) is 20.8. The predicted octanol–water partition coefficient (Wildman–Crippen LogP) is -6.12. The van der Waals surface area contributed by atoms with Crippen LogP contribution < -0.4 is 0 Å². The molecule has 0 bridgehead atoms. The van der Waals surface area contributed by atoms with Crippen LogP contribution in [-0.4, -0.2) is 171 Å². The topological polar surface area (TPSA) is 266 Å². The number of β-amino-alcohol motifs (C(OH)–C–C–N with tert-alkyl or cyclic N) is 1. The van der Waals surface area contributed by atoms with E-state index >= 15 is 0 Å². The molecule has 18 heteroatoms. The average molecular weight is 566 g/mol. The van der Waals surface area contributed by atoms with Gasteiger partial charge in [-0.3, -0.25) is 9.45 Å². The van der Waals surface area contributed by atoms with E-state index in [1.165, 1.54) is 18.9 Å². The van der Waals surface area contributed by atoms with Crippen LogP contribution in [-0.2, 0) is 33.5 Å². The van der Waals surface area contributed by atoms with E-state index in [-0.39, 0.29) is 6.54 Å². The number of rotatable bonds is 8. The molecule has 0 radical (unpaired) electrons. The van der Waals surface area contributed by atoms with Crippen molar-refractivity contribution >= 4 is 10.4 Å². The highest BCUT2D eigenvalue weighted by atomic mass is 32.3. The number of hydrogen-bond donors (Lipinski definition) is 9. The van der Waals surface area contributed by atoms with Gasteiger partial charge >= 0.3 is 10.4 Å². The average Bonchev–Trinajstić information content (AvgIpc) is 2.81. The quantitative estimate of drug-likeness (QED) is 0.124. The maximum Gasteiger partial charge on any atom is 0.397 e. The number of likely N-dealkylation sites (tertiary alicyclic amines) is 1. The van der Waals surface area contributed by atoms with Crippen LogP contribution in [0.25, 0.3) is 0 Å². The van der Waals surface area contributed by atoms with Crippen molar-refractivity contribution in [1.29, 1.82) is 0 Å². The van der Waals surface area contributed by atoms with Gasteiger partial charge in [-0.2, -0.15) is 8.42 Å². The third-order valence-corrected chi connectivity index (χ3v) is 7.22. The maximum absolute atomic E-state index is 11.2. The molecular formula is C19H35NO16S. The number of aliphatic hydroxyl groups excluding tert-OH is 8. The van der Waals surface area contributed by atoms with Crippen molar-refractivity contribution in [1.82, 2.24) is 4.90 Å². The minimum Gasteiger partial charge on any atom is -0.395 e. The Morgan fingerprint density at radius 3 is 1.97 bits per heavy atom. The summed E-state index contributed by atoms with van der Waals surface area (Å²) in [5, 5.41) is 81.6. The minimum atomic E-state index is -5.18. The van der Waals surface area contributed by atoms with Gasteiger partial charge in [-0.15, -0.1) is 0 Å². The fraction of sp³-hybridized carbons (Fsp3) is 1.00. The molecule has 0 aromatic heterocycles. The number of piperidine rings is 1. The number of likely N-dealkylation sites (N-methyl/N-ethyl adjacent to an activating group) is 1. The monoisotopic (exact) mass is 565 g/mol. The normalized spacial score (nSPS) is 48.2. The van der Waals surface area contributed by atoms with Crippen LogP contribution in [0.5, 0.6) is 0 Å². The number of nitrogens with zero attached hydrogens (tertiary/aromatic N) is 1. The molecule has 0 spiro atoms. The molecule has 0 saturated carbocycles. The first kappa shape index (κ1) is 30.9. The van der Waals surface area contributed by atoms with Crippen molar-refractivity contribution in [2.75, 3.05) is 26.8 Å². The molecule has 0 aromatic rings. The number of aliphatic hydroxyl groups is 8. The summed E-state index contributed by atoms with van der Waals surface area (Å²) in [6, 6.07) is -0.946. The maximum atomic E-state index is 11.2. The van der Waals surface area contributed by atoms with Gasteiger partial charge in [-0.05, 0) is 14.0 Å². The van der Waals surface area contributed by atoms with Gasteiger partial charge in [-0.25, -0.2) is 4.18 Å². The largest absolute Gasteiger partial charge is 0.397 e. The van der Waals surface area contributed by atoms with Crippen LogP contribution in [0.15, 0.2) is 0 Å². The summed E-state index contributed by atoms with van der Waals surface area (Å²) >= 11 is 0. The molecule has 3 aliphatic rings. The molecule has 3 rings (SSSR count). The van der Waals surface area contributed by atoms with Crippen LogP contribution in [0.2, 0.25) is 0 Å². The first-order valence-corrected chi connectivity index (χ1v) is 12.8. The Morgan fingerprint density at radius 2 is 1.41 bits per heavy atom. The minimum absolute atomic E-state index is 0.0696. The summed E-state index contributed by atoms with van der Waals surface area (Å²) in [7, 11) is -3.65. The summed E-state index contributed by atoms with van der Waals surface area (Å²) < 4.78 is 58.2. The van der Waals surface area contributed by atoms with Crippen molar-refractivity contribution in [2.24, 2.45) is 0 Å². The smallest absolute Gasteiger partial charge is 0.395 e. The molecule has 3 saturated heterocycles. The second-order valence-electron chi connectivity index (χ2n) is 9.33. The van der Waals surface area contributed by atoms with E-state index in [0.717, 1.165) is 0 Å². The van der Waals surface area contributed by atoms with E-state index in [0.29, 0.717) is 0 Å². The Morgan fingerprint density at radius 1 is 0.811 bits per heavy atom. The fourth-order valence-corrected chi connectivity index (χ4v) is 5.17. The lowest BCUT2D eigenvalue weighted by atomic mass is 9.93. The van der Waals surface area contributed by atoms with Crippen molar-refractivity contribution in [3.63, 3.8) is 0 Å². The Labute approximate surface area is 212 Å². The van der Waals surface area contributed by atoms with Crippen LogP contribution in [0, 0.1) is 0 Å². The Kier molecular flexibility index (Phi) is 10.2. The van der Waals surface area contributed by atoms with E-state index in [1.807, 2.05) is 0 Å². The van der Waals surface area contributed by atoms with Gasteiger partial charge in [0.15, 0.2) is 12.6 Å². The second-order valence-corrected chi connectivity index (χ2v) is 10.4. The lowest BCUT2D eigenvalue weighted by molar-refractivity contribution is -0.353. The van der Waals surface area contributed by atoms with Crippen molar-refractivity contribution in [3.8, 4) is 0 Å². The third kappa shape index (κ3) is 6.74. The van der Waals surface area contributed by atoms with Crippen molar-refractivity contribution in [3.05, 3.63) is 0 Å². The highest BCUT2D eigenvalue weighted by Crippen LogP contribution is 2.32. The van der Waals surface area contributed by atoms with Gasteiger partial charge in [0.2, 0.25) is 0 Å². The van der Waals surface area contributed by atoms with Crippen LogP contribution >= 0.6 is 0 Å². The summed E-state index contributed by atoms with van der Waals surface area (Å²) in [6.07, 6.45) is -21.0. The molecule has 0 amide bonds. The Hall–Kier alpha value is -0.650. The molecular weight excluding hydrogens is 530 g/mol. The standard InChI is InChI=1S/C19H35NO16S/c1-6-10(24)12(26)13(27)18(32-6)35-16-8(23)3-20(2)7(4-21)15(16)34-19-14(28)17(36-37(29,30)31)11(25)9(5-22)33-19/h6-19,21-28H,3-5H2,1-2H3,(H,29,30,31)/t6-,7+,8-,9+,10+,11-,12+,13-,14+,15+,16+,17-,18-,19-/m0/s1. The fourth-order valence-electron chi connectivity index (χ4n) is 4.66. The van der Waals surface area contributed by atoms with Gasteiger partial charge in [0.1, 0.15) is 54.9 Å². The van der Waals surface area contributed by atoms with E-state index in [1.54, 1.807) is 0 Å². The molecule has 37 heavy (non-hydrogen) atoms. The summed E-state index contributed by atoms with van der Waals surface area (Å²) in [5.74, 6) is 0. The SMILES string of the molecule is C[C@@H]1O[C@@H](O[C@H]2[C@H](O[C@@H]3O[C@H](CO)[C@H](O)[C@H](OS(=O)(=O)O)[C@H]3O)[C@@H](CO)N(C)C[C@@H]2O)[C@@H](O)[C@H](O)[C@@H]1O. The lowest BCUT2D eigenvalue weighted by Crippen LogP contribution is -2.68. The third-order valence-electron chi connectivity index (χ3n) is 6.76. The number of ether oxygens (including phenoxy) is 4. The highest BCUT2D eigenvalue weighted by Gasteiger charge is 2.53. The predicted molar refractivity (Wildman–Crippen MR) is 116 cm³/mol. The lowest BCUT2D eigenvalue weighted by Gasteiger charge is -2.50. The molecule has 0 aliphatic carbocycles. The molecule has 0 aromatic carbocycles. The van der Waals surface area contributed by atoms with E-state index in [9.17, 15) is 49.3 Å². The zero-order chi connectivity index (χ0) is 27.8. The number of hydrogen-bond acceptors (Lipinski definition) is 16. The Bertz CT molecular complexity index is 850. The van der Waals surface area contributed by atoms with Gasteiger partial charge in [0, 0.05) is 6.54 Å². The van der Waals surface area contributed by atoms with Crippen LogP contribution in [0.4, 0.5) is 0 Å². The summed E-state index contributed by atoms with van der Waals surface area (Å²) in [4.78, 5) is 1.48. The van der Waals surface area contributed by atoms with Crippen LogP contribution in [0.3, 0.4) is 0 Å². The molecule has 0 unspecified atom stereocenters. The zero-order valence-electron chi connectivity index (χ0n) is 19.9. The molecule has 3 heterocycles. The van der Waals surface area contributed by atoms with Gasteiger partial charge in [0.25, 0.3) is 0 Å². The molecule has 3 aliphatic heterocycles. The van der Waals surface area contributed by atoms with E-state index < -0.39 is 109 Å². The van der Waals surface area contributed by atoms with Gasteiger partial charge < -0.3 is 59.8 Å². The second kappa shape index (κ2) is 12.3. The first-order chi connectivity index (χ1) is 17.2. The van der Waals surface area contributed by atoms with Crippen molar-refractivity contribution < 1.29 is 77.0 Å².